The molecule has 0 fully saturated rings. The molecule has 1 aromatic carbocycles. The number of methoxy groups -OCH3 is 1. The van der Waals surface area contributed by atoms with Crippen molar-refractivity contribution in [1.82, 2.24) is 0 Å². The minimum Gasteiger partial charge on any atom is -0.512 e. The highest BCUT2D eigenvalue weighted by Gasteiger charge is 2.15. The van der Waals surface area contributed by atoms with Crippen LogP contribution in [0.15, 0.2) is 58.1 Å². The van der Waals surface area contributed by atoms with Crippen LogP contribution in [0, 0.1) is 0 Å². The molecule has 1 amide bonds. The van der Waals surface area contributed by atoms with Crippen molar-refractivity contribution < 1.29 is 19.4 Å². The number of esters is 1. The molecule has 2 N–H and O–H groups in total. The quantitative estimate of drug-likeness (QED) is 0.375. The largest absolute Gasteiger partial charge is 0.512 e. The minimum atomic E-state index is -0.503. The van der Waals surface area contributed by atoms with Crippen molar-refractivity contribution in [1.29, 1.82) is 0 Å². The summed E-state index contributed by atoms with van der Waals surface area (Å²) in [4.78, 5) is 28.4. The van der Waals surface area contributed by atoms with Gasteiger partial charge in [0.2, 0.25) is 0 Å². The molecule has 0 aliphatic carbocycles. The van der Waals surface area contributed by atoms with E-state index in [-0.39, 0.29) is 11.3 Å². The van der Waals surface area contributed by atoms with Gasteiger partial charge in [0, 0.05) is 11.9 Å². The third kappa shape index (κ3) is 4.30. The molecule has 24 heavy (non-hydrogen) atoms. The van der Waals surface area contributed by atoms with Crippen molar-refractivity contribution in [2.24, 2.45) is 4.99 Å². The maximum absolute atomic E-state index is 12.3. The summed E-state index contributed by atoms with van der Waals surface area (Å²) >= 11 is 1.19. The second-order valence-electron chi connectivity index (χ2n) is 4.70. The SMILES string of the molecule is COC(=O)c1sccc1N=C/C(C(=O)Nc1ccccc1)=C(\C)O. The Bertz CT molecular complexity index is 790. The highest BCUT2D eigenvalue weighted by Crippen LogP contribution is 2.26. The van der Waals surface area contributed by atoms with Gasteiger partial charge >= 0.3 is 5.97 Å². The molecule has 0 atom stereocenters. The molecule has 1 heterocycles. The molecule has 0 aliphatic heterocycles. The Labute approximate surface area is 143 Å². The molecule has 0 aliphatic rings. The van der Waals surface area contributed by atoms with Gasteiger partial charge in [-0.05, 0) is 30.5 Å². The van der Waals surface area contributed by atoms with Crippen LogP contribution in [0.4, 0.5) is 11.4 Å². The molecule has 0 spiro atoms. The van der Waals surface area contributed by atoms with Crippen molar-refractivity contribution in [3.05, 3.63) is 58.0 Å². The first-order chi connectivity index (χ1) is 11.5. The van der Waals surface area contributed by atoms with Crippen LogP contribution >= 0.6 is 11.3 Å². The number of benzene rings is 1. The highest BCUT2D eigenvalue weighted by molar-refractivity contribution is 7.12. The van der Waals surface area contributed by atoms with E-state index in [1.807, 2.05) is 6.07 Å². The Hall–Kier alpha value is -2.93. The molecule has 0 saturated carbocycles. The zero-order valence-electron chi connectivity index (χ0n) is 13.1. The second-order valence-corrected chi connectivity index (χ2v) is 5.62. The van der Waals surface area contributed by atoms with Gasteiger partial charge in [-0.2, -0.15) is 0 Å². The lowest BCUT2D eigenvalue weighted by Gasteiger charge is -2.06. The lowest BCUT2D eigenvalue weighted by molar-refractivity contribution is -0.112. The number of hydrogen-bond acceptors (Lipinski definition) is 6. The van der Waals surface area contributed by atoms with Crippen LogP contribution < -0.4 is 5.32 Å². The lowest BCUT2D eigenvalue weighted by atomic mass is 10.2. The summed E-state index contributed by atoms with van der Waals surface area (Å²) in [6.07, 6.45) is 1.22. The average Bonchev–Trinajstić information content (AvgIpc) is 3.03. The lowest BCUT2D eigenvalue weighted by Crippen LogP contribution is -2.16. The number of para-hydroxylation sites is 1. The molecule has 0 saturated heterocycles. The van der Waals surface area contributed by atoms with E-state index >= 15 is 0 Å². The van der Waals surface area contributed by atoms with E-state index in [0.29, 0.717) is 16.3 Å². The Morgan fingerprint density at radius 2 is 1.96 bits per heavy atom. The van der Waals surface area contributed by atoms with Crippen LogP contribution in [0.3, 0.4) is 0 Å². The van der Waals surface area contributed by atoms with Crippen LogP contribution in [0.1, 0.15) is 16.6 Å². The van der Waals surface area contributed by atoms with Gasteiger partial charge in [0.15, 0.2) is 0 Å². The molecule has 6 nitrogen and oxygen atoms in total. The average molecular weight is 344 g/mol. The van der Waals surface area contributed by atoms with Crippen LogP contribution in [0.2, 0.25) is 0 Å². The zero-order chi connectivity index (χ0) is 17.5. The topological polar surface area (TPSA) is 88.0 Å². The van der Waals surface area contributed by atoms with Gasteiger partial charge in [-0.3, -0.25) is 9.79 Å². The summed E-state index contributed by atoms with van der Waals surface area (Å²) in [5.74, 6) is -1.18. The number of aliphatic hydroxyl groups excluding tert-OH is 1. The molecule has 0 unspecified atom stereocenters. The maximum atomic E-state index is 12.3. The number of aliphatic hydroxyl groups is 1. The van der Waals surface area contributed by atoms with E-state index in [9.17, 15) is 14.7 Å². The molecule has 1 aromatic heterocycles. The number of ether oxygens (including phenoxy) is 1. The second kappa shape index (κ2) is 8.07. The number of aliphatic imine (C=N–C) groups is 1. The highest BCUT2D eigenvalue weighted by atomic mass is 32.1. The molecular weight excluding hydrogens is 328 g/mol. The third-order valence-corrected chi connectivity index (χ3v) is 3.90. The van der Waals surface area contributed by atoms with Gasteiger partial charge in [-0.25, -0.2) is 4.79 Å². The Morgan fingerprint density at radius 3 is 2.58 bits per heavy atom. The van der Waals surface area contributed by atoms with Crippen molar-refractivity contribution in [2.75, 3.05) is 12.4 Å². The van der Waals surface area contributed by atoms with Gasteiger partial charge in [0.1, 0.15) is 10.6 Å². The summed E-state index contributed by atoms with van der Waals surface area (Å²) < 4.78 is 4.67. The minimum absolute atomic E-state index is 0.000805. The molecule has 0 radical (unpaired) electrons. The molecule has 7 heteroatoms. The molecule has 2 rings (SSSR count). The van der Waals surface area contributed by atoms with E-state index < -0.39 is 11.9 Å². The van der Waals surface area contributed by atoms with Crippen molar-refractivity contribution >= 4 is 40.8 Å². The molecule has 0 bridgehead atoms. The number of nitrogens with one attached hydrogen (secondary N) is 1. The fraction of sp³-hybridized carbons (Fsp3) is 0.118. The fourth-order valence-corrected chi connectivity index (χ4v) is 2.57. The summed E-state index contributed by atoms with van der Waals surface area (Å²) in [6.45, 7) is 1.39. The summed E-state index contributed by atoms with van der Waals surface area (Å²) in [5, 5.41) is 14.1. The van der Waals surface area contributed by atoms with Crippen LogP contribution in [0.5, 0.6) is 0 Å². The van der Waals surface area contributed by atoms with Crippen LogP contribution in [-0.2, 0) is 9.53 Å². The van der Waals surface area contributed by atoms with E-state index in [2.05, 4.69) is 15.0 Å². The van der Waals surface area contributed by atoms with Crippen LogP contribution in [-0.4, -0.2) is 30.3 Å². The smallest absolute Gasteiger partial charge is 0.350 e. The zero-order valence-corrected chi connectivity index (χ0v) is 14.0. The number of amides is 1. The van der Waals surface area contributed by atoms with E-state index in [1.165, 1.54) is 31.6 Å². The van der Waals surface area contributed by atoms with Crippen molar-refractivity contribution in [3.63, 3.8) is 0 Å². The first-order valence-electron chi connectivity index (χ1n) is 6.99. The first-order valence-corrected chi connectivity index (χ1v) is 7.87. The van der Waals surface area contributed by atoms with Gasteiger partial charge in [0.25, 0.3) is 5.91 Å². The predicted molar refractivity (Wildman–Crippen MR) is 94.2 cm³/mol. The molecule has 124 valence electrons. The first kappa shape index (κ1) is 17.4. The van der Waals surface area contributed by atoms with E-state index in [4.69, 9.17) is 0 Å². The summed E-state index contributed by atoms with van der Waals surface area (Å²) in [6, 6.07) is 10.5. The number of carbonyl (C=O) groups excluding carboxylic acids is 2. The van der Waals surface area contributed by atoms with Crippen molar-refractivity contribution in [2.45, 2.75) is 6.92 Å². The summed E-state index contributed by atoms with van der Waals surface area (Å²) in [5.41, 5.74) is 0.972. The third-order valence-electron chi connectivity index (χ3n) is 3.01. The standard InChI is InChI=1S/C17H16N2O4S/c1-11(20)13(16(21)19-12-6-4-3-5-7-12)10-18-14-8-9-24-15(14)17(22)23-2/h3-10,20H,1-2H3,(H,19,21)/b13-11-,18-10?. The molecular formula is C17H16N2O4S. The normalized spacial score (nSPS) is 11.9. The number of nitrogens with zero attached hydrogens (tertiary/aromatic N) is 1. The fourth-order valence-electron chi connectivity index (χ4n) is 1.82. The summed E-state index contributed by atoms with van der Waals surface area (Å²) in [7, 11) is 1.28. The van der Waals surface area contributed by atoms with Gasteiger partial charge < -0.3 is 15.2 Å². The number of anilines is 1. The number of allylic oxidation sites excluding steroid dienone is 1. The maximum Gasteiger partial charge on any atom is 0.350 e. The van der Waals surface area contributed by atoms with E-state index in [1.54, 1.807) is 35.7 Å². The van der Waals surface area contributed by atoms with E-state index in [0.717, 1.165) is 0 Å². The Morgan fingerprint density at radius 1 is 1.25 bits per heavy atom. The monoisotopic (exact) mass is 344 g/mol. The number of thiophene rings is 1. The number of carbonyl (C=O) groups is 2. The van der Waals surface area contributed by atoms with Crippen LogP contribution in [0.25, 0.3) is 0 Å². The van der Waals surface area contributed by atoms with Gasteiger partial charge in [-0.1, -0.05) is 18.2 Å². The number of rotatable bonds is 5. The Kier molecular flexibility index (Phi) is 5.86. The van der Waals surface area contributed by atoms with Crippen molar-refractivity contribution in [3.8, 4) is 0 Å². The number of hydrogen-bond donors (Lipinski definition) is 2. The van der Waals surface area contributed by atoms with Gasteiger partial charge in [-0.15, -0.1) is 11.3 Å². The predicted octanol–water partition coefficient (Wildman–Crippen LogP) is 3.71. The Balaban J connectivity index is 2.21. The molecule has 2 aromatic rings. The van der Waals surface area contributed by atoms with Gasteiger partial charge in [0.05, 0.1) is 18.4 Å².